The summed E-state index contributed by atoms with van der Waals surface area (Å²) in [6, 6.07) is 6.04. The topological polar surface area (TPSA) is 84.4 Å². The Morgan fingerprint density at radius 1 is 1.27 bits per heavy atom. The lowest BCUT2D eigenvalue weighted by Gasteiger charge is -2.28. The van der Waals surface area contributed by atoms with Gasteiger partial charge in [0.1, 0.15) is 5.65 Å². The maximum Gasteiger partial charge on any atom is 0.250 e. The minimum absolute atomic E-state index is 0.0312. The number of nitrogens with zero attached hydrogens (tertiary/aromatic N) is 5. The van der Waals surface area contributed by atoms with Gasteiger partial charge in [-0.1, -0.05) is 12.7 Å². The summed E-state index contributed by atoms with van der Waals surface area (Å²) in [5.41, 5.74) is 9.70. The Morgan fingerprint density at radius 3 is 2.67 bits per heavy atom. The number of nitrogens with one attached hydrogen (secondary N) is 1. The van der Waals surface area contributed by atoms with Gasteiger partial charge in [-0.15, -0.1) is 0 Å². The van der Waals surface area contributed by atoms with Crippen molar-refractivity contribution in [3.63, 3.8) is 0 Å². The van der Waals surface area contributed by atoms with Gasteiger partial charge in [-0.05, 0) is 37.5 Å². The van der Waals surface area contributed by atoms with Crippen LogP contribution in [-0.2, 0) is 0 Å². The molecule has 1 aliphatic rings. The molecule has 7 nitrogen and oxygen atoms in total. The molecule has 3 N–H and O–H groups in total. The highest BCUT2D eigenvalue weighted by Crippen LogP contribution is 2.26. The van der Waals surface area contributed by atoms with Crippen LogP contribution in [0.1, 0.15) is 24.0 Å². The van der Waals surface area contributed by atoms with E-state index in [4.69, 9.17) is 5.73 Å². The first-order valence-electron chi connectivity index (χ1n) is 10.6. The van der Waals surface area contributed by atoms with Gasteiger partial charge in [0.2, 0.25) is 0 Å². The molecule has 4 heterocycles. The number of piperidine rings is 1. The third-order valence-electron chi connectivity index (χ3n) is 5.33. The number of alkyl halides is 2. The van der Waals surface area contributed by atoms with Crippen LogP contribution in [0.2, 0.25) is 0 Å². The normalized spacial score (nSPS) is 16.1. The molecule has 1 saturated heterocycles. The van der Waals surface area contributed by atoms with Gasteiger partial charge in [-0.3, -0.25) is 14.5 Å². The van der Waals surface area contributed by atoms with Crippen molar-refractivity contribution < 1.29 is 8.78 Å². The van der Waals surface area contributed by atoms with Gasteiger partial charge in [-0.25, -0.2) is 13.8 Å². The molecule has 0 saturated carbocycles. The third kappa shape index (κ3) is 6.30. The number of aliphatic imine (C=N–C) groups is 1. The van der Waals surface area contributed by atoms with E-state index in [0.29, 0.717) is 25.5 Å². The fourth-order valence-electron chi connectivity index (χ4n) is 3.38. The van der Waals surface area contributed by atoms with Gasteiger partial charge in [0.15, 0.2) is 0 Å². The van der Waals surface area contributed by atoms with Crippen LogP contribution < -0.4 is 11.1 Å². The molecule has 0 amide bonds. The first kappa shape index (κ1) is 24.2. The number of hydrogen-bond acceptors (Lipinski definition) is 6. The van der Waals surface area contributed by atoms with E-state index in [-0.39, 0.29) is 12.8 Å². The summed E-state index contributed by atoms with van der Waals surface area (Å²) < 4.78 is 26.7. The van der Waals surface area contributed by atoms with E-state index >= 15 is 0 Å². The zero-order chi connectivity index (χ0) is 23.8. The van der Waals surface area contributed by atoms with Gasteiger partial charge in [-0.2, -0.15) is 0 Å². The number of nitrogens with two attached hydrogens (primary N) is 1. The number of aromatic nitrogens is 3. The second-order valence-corrected chi connectivity index (χ2v) is 7.76. The van der Waals surface area contributed by atoms with Crippen molar-refractivity contribution in [2.75, 3.05) is 26.8 Å². The van der Waals surface area contributed by atoms with Crippen LogP contribution in [0.5, 0.6) is 0 Å². The molecule has 0 atom stereocenters. The summed E-state index contributed by atoms with van der Waals surface area (Å²) >= 11 is 0. The highest BCUT2D eigenvalue weighted by molar-refractivity contribution is 5.80. The van der Waals surface area contributed by atoms with Crippen molar-refractivity contribution in [2.24, 2.45) is 10.7 Å². The lowest BCUT2D eigenvalue weighted by atomic mass is 10.1. The Morgan fingerprint density at radius 2 is 2.03 bits per heavy atom. The minimum atomic E-state index is -2.38. The lowest BCUT2D eigenvalue weighted by molar-refractivity contribution is -0.0504. The lowest BCUT2D eigenvalue weighted by Crippen LogP contribution is -2.36. The van der Waals surface area contributed by atoms with Crippen molar-refractivity contribution >= 4 is 29.5 Å². The molecule has 0 spiro atoms. The first-order valence-corrected chi connectivity index (χ1v) is 10.6. The molecule has 0 aliphatic carbocycles. The molecule has 33 heavy (non-hydrogen) atoms. The zero-order valence-corrected chi connectivity index (χ0v) is 18.7. The summed E-state index contributed by atoms with van der Waals surface area (Å²) in [5, 5.41) is 3.96. The Kier molecular flexibility index (Phi) is 8.02. The smallest absolute Gasteiger partial charge is 0.250 e. The standard InChI is InChI=1S/C18H18N6.C6H11F2N/c1-3-13-6-14-4-5-24(18(14)23-8-13)16-7-15(9-21-10-16)17(20-2)11-22-12-19;1-9-4-2-6(7,8)3-5-9/h3-11,22H,1-2,12,19H2;2-5H2,1H3/b17-11-;. The van der Waals surface area contributed by atoms with Crippen LogP contribution in [0.4, 0.5) is 8.78 Å². The summed E-state index contributed by atoms with van der Waals surface area (Å²) in [5.74, 6) is -2.38. The first-order chi connectivity index (χ1) is 15.9. The number of hydrogen-bond donors (Lipinski definition) is 2. The van der Waals surface area contributed by atoms with E-state index in [9.17, 15) is 8.78 Å². The van der Waals surface area contributed by atoms with Crippen molar-refractivity contribution in [1.29, 1.82) is 0 Å². The highest BCUT2D eigenvalue weighted by atomic mass is 19.3. The summed E-state index contributed by atoms with van der Waals surface area (Å²) in [4.78, 5) is 14.8. The predicted octanol–water partition coefficient (Wildman–Crippen LogP) is 3.92. The SMILES string of the molecule is C=Cc1cnc2c(ccn2-c2cncc(/C(=C/NCN)N=C)c2)c1.CN1CCC(F)(F)CC1. The molecule has 0 radical (unpaired) electrons. The molecule has 9 heteroatoms. The Balaban J connectivity index is 0.000000286. The molecule has 1 aliphatic heterocycles. The van der Waals surface area contributed by atoms with Crippen LogP contribution in [0.25, 0.3) is 28.5 Å². The molecular weight excluding hydrogens is 424 g/mol. The van der Waals surface area contributed by atoms with Crippen molar-refractivity contribution in [3.05, 3.63) is 66.9 Å². The number of likely N-dealkylation sites (tertiary alicyclic amines) is 1. The second kappa shape index (κ2) is 10.9. The van der Waals surface area contributed by atoms with Crippen LogP contribution in [0.3, 0.4) is 0 Å². The van der Waals surface area contributed by atoms with Crippen LogP contribution in [0, 0.1) is 0 Å². The maximum absolute atomic E-state index is 12.4. The zero-order valence-electron chi connectivity index (χ0n) is 18.7. The van der Waals surface area contributed by atoms with Gasteiger partial charge in [0, 0.05) is 61.7 Å². The fraction of sp³-hybridized carbons (Fsp3) is 0.292. The molecule has 0 bridgehead atoms. The van der Waals surface area contributed by atoms with E-state index in [2.05, 4.69) is 33.6 Å². The quantitative estimate of drug-likeness (QED) is 0.437. The summed E-state index contributed by atoms with van der Waals surface area (Å²) in [6.07, 6.45) is 10.8. The van der Waals surface area contributed by atoms with Gasteiger partial charge in [0.25, 0.3) is 5.92 Å². The van der Waals surface area contributed by atoms with E-state index < -0.39 is 5.92 Å². The number of halogens is 2. The van der Waals surface area contributed by atoms with E-state index in [1.54, 1.807) is 30.9 Å². The molecular formula is C24H29F2N7. The summed E-state index contributed by atoms with van der Waals surface area (Å²) in [7, 11) is 1.87. The minimum Gasteiger partial charge on any atom is -0.377 e. The Bertz CT molecular complexity index is 1130. The van der Waals surface area contributed by atoms with Crippen molar-refractivity contribution in [1.82, 2.24) is 24.8 Å². The molecule has 3 aromatic rings. The average Bonchev–Trinajstić information content (AvgIpc) is 3.25. The third-order valence-corrected chi connectivity index (χ3v) is 5.33. The number of pyridine rings is 2. The van der Waals surface area contributed by atoms with E-state index in [1.165, 1.54) is 0 Å². The molecule has 3 aromatic heterocycles. The number of rotatable bonds is 6. The molecule has 174 valence electrons. The van der Waals surface area contributed by atoms with Crippen LogP contribution >= 0.6 is 0 Å². The fourth-order valence-corrected chi connectivity index (χ4v) is 3.38. The molecule has 0 aromatic carbocycles. The van der Waals surface area contributed by atoms with E-state index in [0.717, 1.165) is 27.8 Å². The largest absolute Gasteiger partial charge is 0.377 e. The highest BCUT2D eigenvalue weighted by Gasteiger charge is 2.32. The second-order valence-electron chi connectivity index (χ2n) is 7.76. The van der Waals surface area contributed by atoms with Crippen molar-refractivity contribution in [3.8, 4) is 5.69 Å². The van der Waals surface area contributed by atoms with Crippen molar-refractivity contribution in [2.45, 2.75) is 18.8 Å². The van der Waals surface area contributed by atoms with Gasteiger partial charge in [0.05, 0.1) is 24.2 Å². The average molecular weight is 454 g/mol. The molecule has 1 fully saturated rings. The Labute approximate surface area is 192 Å². The summed E-state index contributed by atoms with van der Waals surface area (Å²) in [6.45, 7) is 8.76. The van der Waals surface area contributed by atoms with E-state index in [1.807, 2.05) is 40.9 Å². The molecule has 4 rings (SSSR count). The molecule has 0 unspecified atom stereocenters. The van der Waals surface area contributed by atoms with Gasteiger partial charge >= 0.3 is 0 Å². The Hall–Kier alpha value is -3.43. The monoisotopic (exact) mass is 453 g/mol. The predicted molar refractivity (Wildman–Crippen MR) is 130 cm³/mol. The van der Waals surface area contributed by atoms with Crippen LogP contribution in [-0.4, -0.2) is 58.9 Å². The maximum atomic E-state index is 12.4. The number of fused-ring (bicyclic) bond motifs is 1. The van der Waals surface area contributed by atoms with Gasteiger partial charge < -0.3 is 16.0 Å². The van der Waals surface area contributed by atoms with Crippen LogP contribution in [0.15, 0.2) is 60.8 Å².